The number of hydrogen-bond donors (Lipinski definition) is 0. The van der Waals surface area contributed by atoms with Gasteiger partial charge in [-0.2, -0.15) is 0 Å². The van der Waals surface area contributed by atoms with Crippen LogP contribution in [0.3, 0.4) is 0 Å². The quantitative estimate of drug-likeness (QED) is 0.444. The Labute approximate surface area is 142 Å². The van der Waals surface area contributed by atoms with E-state index in [0.717, 1.165) is 6.42 Å². The van der Waals surface area contributed by atoms with Crippen LogP contribution in [0.25, 0.3) is 6.08 Å². The van der Waals surface area contributed by atoms with E-state index >= 15 is 0 Å². The standard InChI is InChI=1S/C22H28Si/c1-22(2,3)23(4,5)21(18-20-14-10-7-11-15-20)17-16-19-12-8-6-9-13-19/h6-16H,18H2,1-5H3. The van der Waals surface area contributed by atoms with Crippen LogP contribution in [0.4, 0.5) is 0 Å². The molecule has 1 heteroatoms. The molecule has 0 unspecified atom stereocenters. The maximum absolute atomic E-state index is 3.68. The van der Waals surface area contributed by atoms with Crippen molar-refractivity contribution in [2.24, 2.45) is 0 Å². The maximum Gasteiger partial charge on any atom is 0.0911 e. The van der Waals surface area contributed by atoms with Gasteiger partial charge in [-0.15, -0.1) is 5.73 Å². The van der Waals surface area contributed by atoms with Crippen molar-refractivity contribution in [3.63, 3.8) is 0 Å². The molecule has 0 spiro atoms. The van der Waals surface area contributed by atoms with E-state index in [1.807, 2.05) is 0 Å². The van der Waals surface area contributed by atoms with E-state index in [1.54, 1.807) is 0 Å². The third kappa shape index (κ3) is 4.57. The summed E-state index contributed by atoms with van der Waals surface area (Å²) in [6, 6.07) is 21.3. The molecule has 2 rings (SSSR count). The van der Waals surface area contributed by atoms with Gasteiger partial charge < -0.3 is 0 Å². The van der Waals surface area contributed by atoms with Crippen LogP contribution in [0.5, 0.6) is 0 Å². The molecule has 0 aliphatic heterocycles. The predicted molar refractivity (Wildman–Crippen MR) is 105 cm³/mol. The van der Waals surface area contributed by atoms with E-state index in [2.05, 4.69) is 106 Å². The van der Waals surface area contributed by atoms with Gasteiger partial charge in [0.2, 0.25) is 0 Å². The van der Waals surface area contributed by atoms with E-state index in [1.165, 1.54) is 16.3 Å². The second kappa shape index (κ2) is 7.17. The largest absolute Gasteiger partial charge is 0.125 e. The van der Waals surface area contributed by atoms with Gasteiger partial charge in [0.05, 0.1) is 8.07 Å². The zero-order chi connectivity index (χ0) is 16.9. The molecular weight excluding hydrogens is 292 g/mol. The highest BCUT2D eigenvalue weighted by Crippen LogP contribution is 2.41. The monoisotopic (exact) mass is 320 g/mol. The van der Waals surface area contributed by atoms with E-state index < -0.39 is 8.07 Å². The molecule has 2 aromatic rings. The van der Waals surface area contributed by atoms with Crippen LogP contribution in [0, 0.1) is 0 Å². The minimum absolute atomic E-state index is 0.314. The molecule has 0 saturated carbocycles. The molecule has 2 aromatic carbocycles. The molecule has 0 fully saturated rings. The summed E-state index contributed by atoms with van der Waals surface area (Å²) in [6.45, 7) is 12.0. The predicted octanol–water partition coefficient (Wildman–Crippen LogP) is 6.52. The number of hydrogen-bond acceptors (Lipinski definition) is 0. The Morgan fingerprint density at radius 3 is 1.96 bits per heavy atom. The van der Waals surface area contributed by atoms with Gasteiger partial charge in [-0.3, -0.25) is 0 Å². The average Bonchev–Trinajstić information content (AvgIpc) is 2.52. The summed E-state index contributed by atoms with van der Waals surface area (Å²) < 4.78 is 0. The highest BCUT2D eigenvalue weighted by molar-refractivity contribution is 6.86. The number of rotatable bonds is 4. The fourth-order valence-electron chi connectivity index (χ4n) is 2.42. The van der Waals surface area contributed by atoms with Gasteiger partial charge in [-0.1, -0.05) is 94.5 Å². The van der Waals surface area contributed by atoms with E-state index in [4.69, 9.17) is 0 Å². The minimum Gasteiger partial charge on any atom is -0.125 e. The number of benzene rings is 2. The van der Waals surface area contributed by atoms with Gasteiger partial charge in [-0.05, 0) is 33.9 Å². The Balaban J connectivity index is 2.45. The molecule has 0 amide bonds. The molecule has 0 aliphatic rings. The second-order valence-corrected chi connectivity index (χ2v) is 13.1. The van der Waals surface area contributed by atoms with Gasteiger partial charge in [0.1, 0.15) is 0 Å². The molecule has 0 nitrogen and oxygen atoms in total. The zero-order valence-corrected chi connectivity index (χ0v) is 16.1. The fraction of sp³-hybridized carbons (Fsp3) is 0.318. The molecule has 0 radical (unpaired) electrons. The van der Waals surface area contributed by atoms with Gasteiger partial charge in [0, 0.05) is 0 Å². The molecule has 0 N–H and O–H groups in total. The fourth-order valence-corrected chi connectivity index (χ4v) is 4.41. The van der Waals surface area contributed by atoms with Crippen molar-refractivity contribution in [1.82, 2.24) is 0 Å². The molecule has 0 heterocycles. The molecular formula is C22H28Si. The van der Waals surface area contributed by atoms with E-state index in [9.17, 15) is 0 Å². The van der Waals surface area contributed by atoms with Crippen molar-refractivity contribution in [2.45, 2.75) is 45.3 Å². The van der Waals surface area contributed by atoms with Crippen molar-refractivity contribution in [3.8, 4) is 0 Å². The zero-order valence-electron chi connectivity index (χ0n) is 15.1. The first-order valence-corrected chi connectivity index (χ1v) is 11.4. The third-order valence-corrected chi connectivity index (χ3v) is 10.6. The van der Waals surface area contributed by atoms with Crippen molar-refractivity contribution < 1.29 is 0 Å². The summed E-state index contributed by atoms with van der Waals surface area (Å²) in [6.07, 6.45) is 3.15. The lowest BCUT2D eigenvalue weighted by Crippen LogP contribution is -2.40. The van der Waals surface area contributed by atoms with Crippen LogP contribution in [-0.4, -0.2) is 8.07 Å². The Morgan fingerprint density at radius 1 is 0.913 bits per heavy atom. The van der Waals surface area contributed by atoms with Crippen LogP contribution < -0.4 is 0 Å². The van der Waals surface area contributed by atoms with Gasteiger partial charge >= 0.3 is 0 Å². The van der Waals surface area contributed by atoms with Crippen LogP contribution in [0.1, 0.15) is 31.9 Å². The molecule has 0 aliphatic carbocycles. The highest BCUT2D eigenvalue weighted by Gasteiger charge is 2.38. The van der Waals surface area contributed by atoms with Crippen molar-refractivity contribution in [3.05, 3.63) is 82.7 Å². The summed E-state index contributed by atoms with van der Waals surface area (Å²) >= 11 is 0. The van der Waals surface area contributed by atoms with Gasteiger partial charge in [-0.25, -0.2) is 0 Å². The van der Waals surface area contributed by atoms with Crippen LogP contribution >= 0.6 is 0 Å². The molecule has 120 valence electrons. The Morgan fingerprint density at radius 2 is 1.43 bits per heavy atom. The van der Waals surface area contributed by atoms with E-state index in [0.29, 0.717) is 5.04 Å². The number of allylic oxidation sites excluding steroid dienone is 1. The Bertz CT molecular complexity index is 682. The van der Waals surface area contributed by atoms with Crippen LogP contribution in [-0.2, 0) is 6.42 Å². The SMILES string of the molecule is CC(C)(C)[Si](C)(C)C(=C=Cc1ccccc1)Cc1ccccc1. The van der Waals surface area contributed by atoms with Gasteiger partial charge in [0.25, 0.3) is 0 Å². The first kappa shape index (κ1) is 17.5. The summed E-state index contributed by atoms with van der Waals surface area (Å²) in [4.78, 5) is 0. The minimum atomic E-state index is -1.60. The molecule has 0 bridgehead atoms. The van der Waals surface area contributed by atoms with Gasteiger partial charge in [0.15, 0.2) is 0 Å². The van der Waals surface area contributed by atoms with Crippen molar-refractivity contribution in [2.75, 3.05) is 0 Å². The summed E-state index contributed by atoms with van der Waals surface area (Å²) in [5, 5.41) is 1.80. The maximum atomic E-state index is 3.68. The lowest BCUT2D eigenvalue weighted by molar-refractivity contribution is 0.723. The Hall–Kier alpha value is -1.82. The molecule has 0 saturated heterocycles. The third-order valence-electron chi connectivity index (χ3n) is 5.07. The summed E-state index contributed by atoms with van der Waals surface area (Å²) in [5.74, 6) is 0. The topological polar surface area (TPSA) is 0 Å². The average molecular weight is 321 g/mol. The molecule has 23 heavy (non-hydrogen) atoms. The molecule has 0 aromatic heterocycles. The second-order valence-electron chi connectivity index (χ2n) is 7.72. The highest BCUT2D eigenvalue weighted by atomic mass is 28.3. The van der Waals surface area contributed by atoms with Crippen LogP contribution in [0.15, 0.2) is 71.6 Å². The smallest absolute Gasteiger partial charge is 0.0911 e. The van der Waals surface area contributed by atoms with Crippen molar-refractivity contribution >= 4 is 14.1 Å². The first-order chi connectivity index (χ1) is 10.8. The first-order valence-electron chi connectivity index (χ1n) is 8.36. The molecule has 0 atom stereocenters. The van der Waals surface area contributed by atoms with Crippen LogP contribution in [0.2, 0.25) is 18.1 Å². The Kier molecular flexibility index (Phi) is 5.46. The summed E-state index contributed by atoms with van der Waals surface area (Å²) in [5.41, 5.74) is 6.28. The van der Waals surface area contributed by atoms with Crippen molar-refractivity contribution in [1.29, 1.82) is 0 Å². The summed E-state index contributed by atoms with van der Waals surface area (Å²) in [7, 11) is -1.60. The van der Waals surface area contributed by atoms with E-state index in [-0.39, 0.29) is 0 Å². The lowest BCUT2D eigenvalue weighted by atomic mass is 10.1. The lowest BCUT2D eigenvalue weighted by Gasteiger charge is -2.38. The normalized spacial score (nSPS) is 11.7.